The molecule has 0 spiro atoms. The van der Waals surface area contributed by atoms with Gasteiger partial charge >= 0.3 is 0 Å². The van der Waals surface area contributed by atoms with Gasteiger partial charge in [0, 0.05) is 30.3 Å². The lowest BCUT2D eigenvalue weighted by molar-refractivity contribution is 0.0791. The van der Waals surface area contributed by atoms with E-state index in [1.54, 1.807) is 7.11 Å². The van der Waals surface area contributed by atoms with Crippen molar-refractivity contribution in [1.82, 2.24) is 4.90 Å². The normalized spacial score (nSPS) is 17.5. The summed E-state index contributed by atoms with van der Waals surface area (Å²) in [6, 6.07) is 15.6. The summed E-state index contributed by atoms with van der Waals surface area (Å²) in [5, 5.41) is 0. The highest BCUT2D eigenvalue weighted by atomic mass is 16.5. The molecule has 0 radical (unpaired) electrons. The molecule has 114 valence electrons. The number of nitrogens with two attached hydrogens (primary N) is 1. The van der Waals surface area contributed by atoms with Crippen LogP contribution in [-0.4, -0.2) is 37.0 Å². The van der Waals surface area contributed by atoms with Crippen LogP contribution in [0, 0.1) is 0 Å². The molecule has 22 heavy (non-hydrogen) atoms. The van der Waals surface area contributed by atoms with Crippen LogP contribution in [0.1, 0.15) is 16.8 Å². The molecule has 2 aromatic rings. The van der Waals surface area contributed by atoms with Gasteiger partial charge in [0.2, 0.25) is 0 Å². The van der Waals surface area contributed by atoms with Gasteiger partial charge in [0.1, 0.15) is 5.75 Å². The number of amides is 1. The molecular formula is C18H20N2O2. The number of ether oxygens (including phenoxy) is 1. The van der Waals surface area contributed by atoms with Crippen molar-refractivity contribution in [2.75, 3.05) is 20.2 Å². The van der Waals surface area contributed by atoms with E-state index in [0.29, 0.717) is 12.1 Å². The zero-order valence-electron chi connectivity index (χ0n) is 12.7. The van der Waals surface area contributed by atoms with Gasteiger partial charge < -0.3 is 15.4 Å². The Kier molecular flexibility index (Phi) is 4.11. The van der Waals surface area contributed by atoms with E-state index in [0.717, 1.165) is 29.8 Å². The number of hydrogen-bond donors (Lipinski definition) is 1. The zero-order valence-corrected chi connectivity index (χ0v) is 12.7. The van der Waals surface area contributed by atoms with Crippen molar-refractivity contribution in [3.63, 3.8) is 0 Å². The lowest BCUT2D eigenvalue weighted by Crippen LogP contribution is -2.31. The SMILES string of the molecule is COc1ccc(C(=O)N2CC[C@H](N)C2)cc1-c1ccccc1. The summed E-state index contributed by atoms with van der Waals surface area (Å²) in [5.41, 5.74) is 8.53. The molecule has 1 atom stereocenters. The Morgan fingerprint density at radius 3 is 2.64 bits per heavy atom. The fourth-order valence-corrected chi connectivity index (χ4v) is 2.84. The third-order valence-corrected chi connectivity index (χ3v) is 4.04. The number of likely N-dealkylation sites (tertiary alicyclic amines) is 1. The first-order valence-electron chi connectivity index (χ1n) is 7.47. The predicted molar refractivity (Wildman–Crippen MR) is 86.9 cm³/mol. The van der Waals surface area contributed by atoms with Crippen molar-refractivity contribution < 1.29 is 9.53 Å². The van der Waals surface area contributed by atoms with Crippen LogP contribution in [0.15, 0.2) is 48.5 Å². The van der Waals surface area contributed by atoms with Gasteiger partial charge in [-0.05, 0) is 30.2 Å². The Labute approximate surface area is 130 Å². The Hall–Kier alpha value is -2.33. The maximum absolute atomic E-state index is 12.6. The van der Waals surface area contributed by atoms with Gasteiger partial charge in [-0.2, -0.15) is 0 Å². The Balaban J connectivity index is 1.95. The maximum Gasteiger partial charge on any atom is 0.253 e. The quantitative estimate of drug-likeness (QED) is 0.947. The summed E-state index contributed by atoms with van der Waals surface area (Å²) in [5.74, 6) is 0.800. The molecule has 0 bridgehead atoms. The van der Waals surface area contributed by atoms with Crippen LogP contribution in [0.4, 0.5) is 0 Å². The van der Waals surface area contributed by atoms with Crippen LogP contribution in [-0.2, 0) is 0 Å². The van der Waals surface area contributed by atoms with E-state index in [1.165, 1.54) is 0 Å². The number of rotatable bonds is 3. The highest BCUT2D eigenvalue weighted by Crippen LogP contribution is 2.31. The average Bonchev–Trinajstić information content (AvgIpc) is 3.01. The lowest BCUT2D eigenvalue weighted by atomic mass is 10.0. The zero-order chi connectivity index (χ0) is 15.5. The van der Waals surface area contributed by atoms with Crippen LogP contribution >= 0.6 is 0 Å². The fraction of sp³-hybridized carbons (Fsp3) is 0.278. The molecule has 2 aromatic carbocycles. The summed E-state index contributed by atoms with van der Waals surface area (Å²) in [6.45, 7) is 1.36. The van der Waals surface area contributed by atoms with Crippen molar-refractivity contribution in [3.05, 3.63) is 54.1 Å². The van der Waals surface area contributed by atoms with Gasteiger partial charge in [-0.1, -0.05) is 30.3 Å². The van der Waals surface area contributed by atoms with Crippen LogP contribution in [0.3, 0.4) is 0 Å². The van der Waals surface area contributed by atoms with Crippen LogP contribution in [0.25, 0.3) is 11.1 Å². The second kappa shape index (κ2) is 6.20. The summed E-state index contributed by atoms with van der Waals surface area (Å²) in [6.07, 6.45) is 0.868. The van der Waals surface area contributed by atoms with Crippen molar-refractivity contribution in [2.24, 2.45) is 5.73 Å². The molecular weight excluding hydrogens is 276 g/mol. The minimum absolute atomic E-state index is 0.0350. The molecule has 3 rings (SSSR count). The molecule has 1 fully saturated rings. The van der Waals surface area contributed by atoms with Gasteiger partial charge in [0.15, 0.2) is 0 Å². The van der Waals surface area contributed by atoms with E-state index in [9.17, 15) is 4.79 Å². The Bertz CT molecular complexity index is 670. The smallest absolute Gasteiger partial charge is 0.253 e. The third-order valence-electron chi connectivity index (χ3n) is 4.04. The predicted octanol–water partition coefficient (Wildman–Crippen LogP) is 2.54. The van der Waals surface area contributed by atoms with Gasteiger partial charge in [-0.25, -0.2) is 0 Å². The first kappa shape index (κ1) is 14.6. The minimum Gasteiger partial charge on any atom is -0.496 e. The molecule has 4 nitrogen and oxygen atoms in total. The molecule has 1 amide bonds. The maximum atomic E-state index is 12.6. The Morgan fingerprint density at radius 2 is 2.00 bits per heavy atom. The minimum atomic E-state index is 0.0350. The second-order valence-electron chi connectivity index (χ2n) is 5.58. The first-order chi connectivity index (χ1) is 10.7. The number of carbonyl (C=O) groups is 1. The number of hydrogen-bond acceptors (Lipinski definition) is 3. The topological polar surface area (TPSA) is 55.6 Å². The van der Waals surface area contributed by atoms with Crippen molar-refractivity contribution in [3.8, 4) is 16.9 Å². The van der Waals surface area contributed by atoms with Crippen LogP contribution < -0.4 is 10.5 Å². The largest absolute Gasteiger partial charge is 0.496 e. The van der Waals surface area contributed by atoms with E-state index in [-0.39, 0.29) is 11.9 Å². The Morgan fingerprint density at radius 1 is 1.23 bits per heavy atom. The van der Waals surface area contributed by atoms with Crippen molar-refractivity contribution in [2.45, 2.75) is 12.5 Å². The first-order valence-corrected chi connectivity index (χ1v) is 7.47. The number of nitrogens with zero attached hydrogens (tertiary/aromatic N) is 1. The standard InChI is InChI=1S/C18H20N2O2/c1-22-17-8-7-14(18(21)20-10-9-15(19)12-20)11-16(17)13-5-3-2-4-6-13/h2-8,11,15H,9-10,12,19H2,1H3/t15-/m0/s1. The molecule has 0 aromatic heterocycles. The molecule has 0 aliphatic carbocycles. The fourth-order valence-electron chi connectivity index (χ4n) is 2.84. The highest BCUT2D eigenvalue weighted by Gasteiger charge is 2.25. The van der Waals surface area contributed by atoms with Gasteiger partial charge in [0.25, 0.3) is 5.91 Å². The molecule has 1 heterocycles. The molecule has 0 unspecified atom stereocenters. The average molecular weight is 296 g/mol. The monoisotopic (exact) mass is 296 g/mol. The number of methoxy groups -OCH3 is 1. The number of benzene rings is 2. The van der Waals surface area contributed by atoms with Crippen LogP contribution in [0.5, 0.6) is 5.75 Å². The van der Waals surface area contributed by atoms with E-state index >= 15 is 0 Å². The van der Waals surface area contributed by atoms with E-state index < -0.39 is 0 Å². The van der Waals surface area contributed by atoms with E-state index in [2.05, 4.69) is 0 Å². The van der Waals surface area contributed by atoms with Crippen molar-refractivity contribution in [1.29, 1.82) is 0 Å². The summed E-state index contributed by atoms with van der Waals surface area (Å²) in [7, 11) is 1.64. The molecule has 4 heteroatoms. The highest BCUT2D eigenvalue weighted by molar-refractivity contribution is 5.96. The molecule has 1 aliphatic rings. The van der Waals surface area contributed by atoms with Crippen LogP contribution in [0.2, 0.25) is 0 Å². The van der Waals surface area contributed by atoms with Gasteiger partial charge in [-0.3, -0.25) is 4.79 Å². The molecule has 0 saturated carbocycles. The summed E-state index contributed by atoms with van der Waals surface area (Å²) >= 11 is 0. The van der Waals surface area contributed by atoms with E-state index in [1.807, 2.05) is 53.4 Å². The molecule has 2 N–H and O–H groups in total. The van der Waals surface area contributed by atoms with Crippen molar-refractivity contribution >= 4 is 5.91 Å². The second-order valence-corrected chi connectivity index (χ2v) is 5.58. The summed E-state index contributed by atoms with van der Waals surface area (Å²) in [4.78, 5) is 14.4. The molecule has 1 saturated heterocycles. The van der Waals surface area contributed by atoms with E-state index in [4.69, 9.17) is 10.5 Å². The summed E-state index contributed by atoms with van der Waals surface area (Å²) < 4.78 is 5.43. The third kappa shape index (κ3) is 2.83. The van der Waals surface area contributed by atoms with Gasteiger partial charge in [-0.15, -0.1) is 0 Å². The lowest BCUT2D eigenvalue weighted by Gasteiger charge is -2.17. The van der Waals surface area contributed by atoms with Gasteiger partial charge in [0.05, 0.1) is 7.11 Å². The number of carbonyl (C=O) groups excluding carboxylic acids is 1. The molecule has 1 aliphatic heterocycles.